The van der Waals surface area contributed by atoms with Crippen molar-refractivity contribution in [3.05, 3.63) is 23.8 Å². The van der Waals surface area contributed by atoms with Gasteiger partial charge in [0.15, 0.2) is 0 Å². The highest BCUT2D eigenvalue weighted by Gasteiger charge is 2.29. The van der Waals surface area contributed by atoms with Crippen molar-refractivity contribution in [2.45, 2.75) is 45.3 Å². The second-order valence-corrected chi connectivity index (χ2v) is 5.74. The van der Waals surface area contributed by atoms with Crippen LogP contribution in [0, 0.1) is 0 Å². The smallest absolute Gasteiger partial charge is 0.219 e. The van der Waals surface area contributed by atoms with Gasteiger partial charge in [0.1, 0.15) is 11.9 Å². The minimum atomic E-state index is 0.145. The van der Waals surface area contributed by atoms with Crippen LogP contribution in [0.1, 0.15) is 32.3 Å². The van der Waals surface area contributed by atoms with Crippen molar-refractivity contribution < 1.29 is 9.53 Å². The molecular weight excluding hydrogens is 252 g/mol. The minimum Gasteiger partial charge on any atom is -0.490 e. The van der Waals surface area contributed by atoms with Gasteiger partial charge in [-0.25, -0.2) is 0 Å². The average Bonchev–Trinajstić information content (AvgIpc) is 3.03. The first kappa shape index (κ1) is 13.3. The number of ether oxygens (including phenoxy) is 1. The van der Waals surface area contributed by atoms with E-state index in [1.54, 1.807) is 0 Å². The molecule has 2 atom stereocenters. The van der Waals surface area contributed by atoms with Crippen LogP contribution in [0.3, 0.4) is 0 Å². The fourth-order valence-corrected chi connectivity index (χ4v) is 3.14. The summed E-state index contributed by atoms with van der Waals surface area (Å²) in [5.41, 5.74) is 2.60. The second-order valence-electron chi connectivity index (χ2n) is 5.74. The Labute approximate surface area is 120 Å². The Morgan fingerprint density at radius 3 is 3.15 bits per heavy atom. The van der Waals surface area contributed by atoms with Gasteiger partial charge in [-0.15, -0.1) is 0 Å². The topological polar surface area (TPSA) is 41.6 Å². The van der Waals surface area contributed by atoms with Crippen LogP contribution in [0.5, 0.6) is 5.75 Å². The van der Waals surface area contributed by atoms with E-state index in [0.29, 0.717) is 6.42 Å². The standard InChI is InChI=1S/C16H22N2O2/c1-3-16(19)17-12-7-8-18(10-12)14-5-4-6-15-13(14)9-11(2)20-15/h4-6,11-12H,3,7-10H2,1-2H3,(H,17,19)/t11?,12-/m0/s1. The first-order valence-electron chi connectivity index (χ1n) is 7.50. The zero-order valence-electron chi connectivity index (χ0n) is 12.2. The number of nitrogens with one attached hydrogen (secondary N) is 1. The quantitative estimate of drug-likeness (QED) is 0.918. The maximum Gasteiger partial charge on any atom is 0.219 e. The minimum absolute atomic E-state index is 0.145. The number of nitrogens with zero attached hydrogens (tertiary/aromatic N) is 1. The third-order valence-electron chi connectivity index (χ3n) is 4.14. The third kappa shape index (κ3) is 2.47. The Balaban J connectivity index is 1.73. The highest BCUT2D eigenvalue weighted by atomic mass is 16.5. The van der Waals surface area contributed by atoms with Gasteiger partial charge in [0.25, 0.3) is 0 Å². The Morgan fingerprint density at radius 1 is 1.50 bits per heavy atom. The fraction of sp³-hybridized carbons (Fsp3) is 0.562. The average molecular weight is 274 g/mol. The molecule has 2 heterocycles. The van der Waals surface area contributed by atoms with Crippen LogP contribution < -0.4 is 15.0 Å². The molecule has 0 radical (unpaired) electrons. The van der Waals surface area contributed by atoms with Crippen LogP contribution >= 0.6 is 0 Å². The molecular formula is C16H22N2O2. The number of anilines is 1. The molecule has 1 fully saturated rings. The van der Waals surface area contributed by atoms with Crippen molar-refractivity contribution in [2.24, 2.45) is 0 Å². The molecule has 0 saturated carbocycles. The summed E-state index contributed by atoms with van der Waals surface area (Å²) >= 11 is 0. The van der Waals surface area contributed by atoms with Crippen molar-refractivity contribution in [3.63, 3.8) is 0 Å². The first-order valence-corrected chi connectivity index (χ1v) is 7.50. The maximum absolute atomic E-state index is 11.5. The number of carbonyl (C=O) groups is 1. The molecule has 1 amide bonds. The summed E-state index contributed by atoms with van der Waals surface area (Å²) < 4.78 is 5.82. The molecule has 1 aromatic carbocycles. The van der Waals surface area contributed by atoms with Crippen LogP contribution in [-0.4, -0.2) is 31.1 Å². The summed E-state index contributed by atoms with van der Waals surface area (Å²) in [5, 5.41) is 3.09. The molecule has 20 heavy (non-hydrogen) atoms. The largest absolute Gasteiger partial charge is 0.490 e. The second kappa shape index (κ2) is 5.35. The summed E-state index contributed by atoms with van der Waals surface area (Å²) in [5.74, 6) is 1.17. The number of benzene rings is 1. The molecule has 4 heteroatoms. The van der Waals surface area contributed by atoms with Crippen molar-refractivity contribution in [2.75, 3.05) is 18.0 Å². The normalized spacial score (nSPS) is 24.4. The Hall–Kier alpha value is -1.71. The SMILES string of the molecule is CCC(=O)N[C@H]1CCN(c2cccc3c2CC(C)O3)C1. The van der Waals surface area contributed by atoms with E-state index in [0.717, 1.165) is 31.7 Å². The zero-order valence-corrected chi connectivity index (χ0v) is 12.2. The monoisotopic (exact) mass is 274 g/mol. The van der Waals surface area contributed by atoms with Crippen molar-refractivity contribution in [1.82, 2.24) is 5.32 Å². The van der Waals surface area contributed by atoms with Gasteiger partial charge in [0.2, 0.25) is 5.91 Å². The summed E-state index contributed by atoms with van der Waals surface area (Å²) in [6.07, 6.45) is 2.83. The lowest BCUT2D eigenvalue weighted by Gasteiger charge is -2.21. The van der Waals surface area contributed by atoms with Gasteiger partial charge in [-0.2, -0.15) is 0 Å². The van der Waals surface area contributed by atoms with Crippen LogP contribution in [-0.2, 0) is 11.2 Å². The van der Waals surface area contributed by atoms with Crippen LogP contribution in [0.2, 0.25) is 0 Å². The highest BCUT2D eigenvalue weighted by molar-refractivity contribution is 5.76. The van der Waals surface area contributed by atoms with Gasteiger partial charge < -0.3 is 15.0 Å². The third-order valence-corrected chi connectivity index (χ3v) is 4.14. The van der Waals surface area contributed by atoms with Crippen LogP contribution in [0.4, 0.5) is 5.69 Å². The number of amides is 1. The van der Waals surface area contributed by atoms with E-state index in [1.807, 2.05) is 6.92 Å². The molecule has 1 N–H and O–H groups in total. The lowest BCUT2D eigenvalue weighted by molar-refractivity contribution is -0.121. The van der Waals surface area contributed by atoms with Gasteiger partial charge in [-0.3, -0.25) is 4.79 Å². The summed E-state index contributed by atoms with van der Waals surface area (Å²) in [7, 11) is 0. The van der Waals surface area contributed by atoms with E-state index in [1.165, 1.54) is 11.3 Å². The Bertz CT molecular complexity index is 515. The predicted octanol–water partition coefficient (Wildman–Crippen LogP) is 2.11. The van der Waals surface area contributed by atoms with Gasteiger partial charge in [0, 0.05) is 43.2 Å². The van der Waals surface area contributed by atoms with Gasteiger partial charge >= 0.3 is 0 Å². The Morgan fingerprint density at radius 2 is 2.35 bits per heavy atom. The van der Waals surface area contributed by atoms with Crippen molar-refractivity contribution in [3.8, 4) is 5.75 Å². The molecule has 0 aliphatic carbocycles. The first-order chi connectivity index (χ1) is 9.67. The fourth-order valence-electron chi connectivity index (χ4n) is 3.14. The number of hydrogen-bond donors (Lipinski definition) is 1. The molecule has 1 unspecified atom stereocenters. The molecule has 2 aliphatic rings. The van der Waals surface area contributed by atoms with Gasteiger partial charge in [-0.05, 0) is 25.5 Å². The molecule has 0 aromatic heterocycles. The van der Waals surface area contributed by atoms with Gasteiger partial charge in [0.05, 0.1) is 0 Å². The van der Waals surface area contributed by atoms with Crippen LogP contribution in [0.15, 0.2) is 18.2 Å². The van der Waals surface area contributed by atoms with E-state index in [2.05, 4.69) is 35.3 Å². The van der Waals surface area contributed by atoms with E-state index < -0.39 is 0 Å². The number of rotatable bonds is 3. The zero-order chi connectivity index (χ0) is 14.1. The summed E-state index contributed by atoms with van der Waals surface area (Å²) in [6.45, 7) is 5.90. The number of hydrogen-bond acceptors (Lipinski definition) is 3. The lowest BCUT2D eigenvalue weighted by atomic mass is 10.1. The molecule has 0 bridgehead atoms. The van der Waals surface area contributed by atoms with Crippen LogP contribution in [0.25, 0.3) is 0 Å². The Kier molecular flexibility index (Phi) is 3.55. The highest BCUT2D eigenvalue weighted by Crippen LogP contribution is 2.37. The molecule has 3 rings (SSSR count). The summed E-state index contributed by atoms with van der Waals surface area (Å²) in [6, 6.07) is 6.56. The van der Waals surface area contributed by atoms with Crippen molar-refractivity contribution in [1.29, 1.82) is 0 Å². The van der Waals surface area contributed by atoms with E-state index >= 15 is 0 Å². The molecule has 2 aliphatic heterocycles. The van der Waals surface area contributed by atoms with E-state index in [-0.39, 0.29) is 18.1 Å². The molecule has 1 aromatic rings. The van der Waals surface area contributed by atoms with E-state index in [4.69, 9.17) is 4.74 Å². The van der Waals surface area contributed by atoms with E-state index in [9.17, 15) is 4.79 Å². The number of fused-ring (bicyclic) bond motifs is 1. The maximum atomic E-state index is 11.5. The molecule has 4 nitrogen and oxygen atoms in total. The molecule has 0 spiro atoms. The van der Waals surface area contributed by atoms with Gasteiger partial charge in [-0.1, -0.05) is 13.0 Å². The molecule has 108 valence electrons. The predicted molar refractivity (Wildman–Crippen MR) is 79.3 cm³/mol. The summed E-state index contributed by atoms with van der Waals surface area (Å²) in [4.78, 5) is 13.9. The van der Waals surface area contributed by atoms with Crippen molar-refractivity contribution >= 4 is 11.6 Å². The lowest BCUT2D eigenvalue weighted by Crippen LogP contribution is -2.36. The molecule has 1 saturated heterocycles. The number of carbonyl (C=O) groups excluding carboxylic acids is 1.